The normalized spacial score (nSPS) is 34.9. The summed E-state index contributed by atoms with van der Waals surface area (Å²) < 4.78 is 0. The zero-order chi connectivity index (χ0) is 6.85. The third kappa shape index (κ3) is 1.71. The quantitative estimate of drug-likeness (QED) is 0.554. The van der Waals surface area contributed by atoms with Gasteiger partial charge < -0.3 is 0 Å². The van der Waals surface area contributed by atoms with E-state index in [4.69, 9.17) is 0 Å². The summed E-state index contributed by atoms with van der Waals surface area (Å²) in [6.07, 6.45) is 3.18. The first kappa shape index (κ1) is 7.13. The molecule has 2 atom stereocenters. The van der Waals surface area contributed by atoms with Crippen LogP contribution in [0.15, 0.2) is 0 Å². The Balaban J connectivity index is 2.39. The Morgan fingerprint density at radius 3 is 2.44 bits per heavy atom. The van der Waals surface area contributed by atoms with Crippen LogP contribution in [0.25, 0.3) is 0 Å². The smallest absolute Gasteiger partial charge is 0.132 e. The molecule has 52 valence electrons. The van der Waals surface area contributed by atoms with Gasteiger partial charge in [-0.05, 0) is 26.2 Å². The predicted molar refractivity (Wildman–Crippen MR) is 40.8 cm³/mol. The summed E-state index contributed by atoms with van der Waals surface area (Å²) in [6, 6.07) is 0. The molecule has 0 saturated heterocycles. The highest BCUT2D eigenvalue weighted by Gasteiger charge is 2.24. The van der Waals surface area contributed by atoms with Gasteiger partial charge in [-0.2, -0.15) is 12.6 Å². The highest BCUT2D eigenvalue weighted by atomic mass is 32.1. The Morgan fingerprint density at radius 2 is 2.22 bits per heavy atom. The van der Waals surface area contributed by atoms with Crippen LogP contribution in [0.4, 0.5) is 0 Å². The van der Waals surface area contributed by atoms with E-state index in [1.54, 1.807) is 6.92 Å². The van der Waals surface area contributed by atoms with Crippen molar-refractivity contribution in [3.8, 4) is 0 Å². The maximum absolute atomic E-state index is 10.8. The van der Waals surface area contributed by atoms with E-state index in [2.05, 4.69) is 12.6 Å². The second-order valence-electron chi connectivity index (χ2n) is 2.77. The minimum atomic E-state index is 0.326. The van der Waals surface area contributed by atoms with Gasteiger partial charge in [0.2, 0.25) is 0 Å². The van der Waals surface area contributed by atoms with Gasteiger partial charge in [0.15, 0.2) is 0 Å². The molecule has 0 amide bonds. The van der Waals surface area contributed by atoms with Crippen molar-refractivity contribution in [3.05, 3.63) is 0 Å². The summed E-state index contributed by atoms with van der Waals surface area (Å²) in [6.45, 7) is 1.68. The van der Waals surface area contributed by atoms with Crippen molar-refractivity contribution in [2.75, 3.05) is 0 Å². The molecule has 0 aliphatic heterocycles. The monoisotopic (exact) mass is 144 g/mol. The molecule has 1 saturated carbocycles. The molecule has 2 heteroatoms. The van der Waals surface area contributed by atoms with Crippen LogP contribution < -0.4 is 0 Å². The average molecular weight is 144 g/mol. The number of rotatable bonds is 1. The zero-order valence-electron chi connectivity index (χ0n) is 5.63. The van der Waals surface area contributed by atoms with Gasteiger partial charge in [-0.3, -0.25) is 4.79 Å². The van der Waals surface area contributed by atoms with Gasteiger partial charge in [0, 0.05) is 11.2 Å². The summed E-state index contributed by atoms with van der Waals surface area (Å²) in [5.41, 5.74) is 0. The molecule has 0 aromatic carbocycles. The molecule has 1 aliphatic carbocycles. The number of hydrogen-bond acceptors (Lipinski definition) is 2. The van der Waals surface area contributed by atoms with Crippen molar-refractivity contribution in [2.45, 2.75) is 31.4 Å². The molecular formula is C7H12OS. The maximum atomic E-state index is 10.8. The summed E-state index contributed by atoms with van der Waals surface area (Å²) >= 11 is 4.29. The molecule has 1 unspecified atom stereocenters. The van der Waals surface area contributed by atoms with E-state index in [0.717, 1.165) is 19.3 Å². The summed E-state index contributed by atoms with van der Waals surface area (Å²) in [5, 5.41) is 0.485. The van der Waals surface area contributed by atoms with Crippen LogP contribution in [0.3, 0.4) is 0 Å². The van der Waals surface area contributed by atoms with Gasteiger partial charge in [0.05, 0.1) is 0 Å². The van der Waals surface area contributed by atoms with E-state index < -0.39 is 0 Å². The van der Waals surface area contributed by atoms with E-state index in [9.17, 15) is 4.79 Å². The number of carbonyl (C=O) groups excluding carboxylic acids is 1. The van der Waals surface area contributed by atoms with Crippen LogP contribution >= 0.6 is 12.6 Å². The molecule has 0 aromatic heterocycles. The van der Waals surface area contributed by atoms with Crippen molar-refractivity contribution in [1.29, 1.82) is 0 Å². The third-order valence-corrected chi connectivity index (χ3v) is 2.45. The van der Waals surface area contributed by atoms with Crippen LogP contribution in [0, 0.1) is 5.92 Å². The van der Waals surface area contributed by atoms with Crippen molar-refractivity contribution >= 4 is 18.4 Å². The molecule has 0 bridgehead atoms. The molecular weight excluding hydrogens is 132 g/mol. The Bertz CT molecular complexity index is 122. The largest absolute Gasteiger partial charge is 0.300 e. The van der Waals surface area contributed by atoms with Gasteiger partial charge in [0.1, 0.15) is 5.78 Å². The van der Waals surface area contributed by atoms with E-state index in [0.29, 0.717) is 17.0 Å². The predicted octanol–water partition coefficient (Wildman–Crippen LogP) is 1.67. The minimum Gasteiger partial charge on any atom is -0.300 e. The second kappa shape index (κ2) is 2.74. The Hall–Kier alpha value is 0.0200. The Labute approximate surface area is 61.2 Å². The first-order chi connectivity index (χ1) is 4.20. The van der Waals surface area contributed by atoms with Gasteiger partial charge in [0.25, 0.3) is 0 Å². The summed E-state index contributed by atoms with van der Waals surface area (Å²) in [4.78, 5) is 10.8. The highest BCUT2D eigenvalue weighted by molar-refractivity contribution is 7.80. The lowest BCUT2D eigenvalue weighted by molar-refractivity contribution is -0.120. The zero-order valence-corrected chi connectivity index (χ0v) is 6.53. The molecule has 1 nitrogen and oxygen atoms in total. The number of hydrogen-bond donors (Lipinski definition) is 1. The fraction of sp³-hybridized carbons (Fsp3) is 0.857. The van der Waals surface area contributed by atoms with Crippen LogP contribution in [0.2, 0.25) is 0 Å². The van der Waals surface area contributed by atoms with Gasteiger partial charge >= 0.3 is 0 Å². The van der Waals surface area contributed by atoms with Crippen molar-refractivity contribution < 1.29 is 4.79 Å². The molecule has 0 heterocycles. The lowest BCUT2D eigenvalue weighted by Gasteiger charge is -2.01. The average Bonchev–Trinajstić information content (AvgIpc) is 2.14. The highest BCUT2D eigenvalue weighted by Crippen LogP contribution is 2.29. The van der Waals surface area contributed by atoms with E-state index in [-0.39, 0.29) is 0 Å². The van der Waals surface area contributed by atoms with Crippen LogP contribution in [0.5, 0.6) is 0 Å². The standard InChI is InChI=1S/C7H12OS/c1-5(8)6-2-3-7(9)4-6/h6-7,9H,2-4H2,1H3/t6-,7?/m1/s1. The third-order valence-electron chi connectivity index (χ3n) is 1.98. The lowest BCUT2D eigenvalue weighted by atomic mass is 10.0. The first-order valence-corrected chi connectivity index (χ1v) is 3.90. The van der Waals surface area contributed by atoms with E-state index >= 15 is 0 Å². The topological polar surface area (TPSA) is 17.1 Å². The number of carbonyl (C=O) groups is 1. The van der Waals surface area contributed by atoms with E-state index in [1.165, 1.54) is 0 Å². The van der Waals surface area contributed by atoms with Crippen LogP contribution in [-0.4, -0.2) is 11.0 Å². The molecule has 1 rings (SSSR count). The maximum Gasteiger partial charge on any atom is 0.132 e. The van der Waals surface area contributed by atoms with Crippen LogP contribution in [-0.2, 0) is 4.79 Å². The van der Waals surface area contributed by atoms with Crippen molar-refractivity contribution in [1.82, 2.24) is 0 Å². The second-order valence-corrected chi connectivity index (χ2v) is 3.50. The number of Topliss-reactive ketones (excluding diaryl/α,β-unsaturated/α-hetero) is 1. The SMILES string of the molecule is CC(=O)[C@@H]1CCC(S)C1. The molecule has 0 aromatic rings. The molecule has 1 fully saturated rings. The Kier molecular flexibility index (Phi) is 2.17. The first-order valence-electron chi connectivity index (χ1n) is 3.38. The summed E-state index contributed by atoms with van der Waals surface area (Å²) in [5.74, 6) is 0.666. The fourth-order valence-electron chi connectivity index (χ4n) is 1.33. The molecule has 0 radical (unpaired) electrons. The molecule has 0 N–H and O–H groups in total. The number of ketones is 1. The molecule has 0 spiro atoms. The minimum absolute atomic E-state index is 0.326. The van der Waals surface area contributed by atoms with Crippen molar-refractivity contribution in [3.63, 3.8) is 0 Å². The van der Waals surface area contributed by atoms with Crippen LogP contribution in [0.1, 0.15) is 26.2 Å². The van der Waals surface area contributed by atoms with Gasteiger partial charge in [-0.25, -0.2) is 0 Å². The molecule has 1 aliphatic rings. The van der Waals surface area contributed by atoms with E-state index in [1.807, 2.05) is 0 Å². The van der Waals surface area contributed by atoms with Gasteiger partial charge in [-0.15, -0.1) is 0 Å². The summed E-state index contributed by atoms with van der Waals surface area (Å²) in [7, 11) is 0. The number of thiol groups is 1. The van der Waals surface area contributed by atoms with Gasteiger partial charge in [-0.1, -0.05) is 0 Å². The van der Waals surface area contributed by atoms with Crippen molar-refractivity contribution in [2.24, 2.45) is 5.92 Å². The lowest BCUT2D eigenvalue weighted by Crippen LogP contribution is -2.05. The Morgan fingerprint density at radius 1 is 1.56 bits per heavy atom. The molecule has 9 heavy (non-hydrogen) atoms. The fourth-order valence-corrected chi connectivity index (χ4v) is 1.73.